The Morgan fingerprint density at radius 3 is 2.35 bits per heavy atom. The zero-order chi connectivity index (χ0) is 12.6. The van der Waals surface area contributed by atoms with E-state index in [1.165, 1.54) is 12.1 Å². The van der Waals surface area contributed by atoms with Crippen molar-refractivity contribution < 1.29 is 14.5 Å². The van der Waals surface area contributed by atoms with Gasteiger partial charge in [0.2, 0.25) is 11.8 Å². The molecule has 0 spiro atoms. The summed E-state index contributed by atoms with van der Waals surface area (Å²) in [5.41, 5.74) is -0.134. The first-order chi connectivity index (χ1) is 8.00. The number of amides is 2. The van der Waals surface area contributed by atoms with E-state index in [2.05, 4.69) is 0 Å². The lowest BCUT2D eigenvalue weighted by molar-refractivity contribution is -0.384. The zero-order valence-corrected chi connectivity index (χ0v) is 9.31. The maximum absolute atomic E-state index is 11.5. The maximum Gasteiger partial charge on any atom is 0.289 e. The third kappa shape index (κ3) is 1.99. The maximum atomic E-state index is 11.5. The first-order valence-electron chi connectivity index (χ1n) is 4.80. The SMILES string of the molecule is O=C1CCC(=O)N1c1ccc(Cl)c([N+](=O)[O-])c1. The molecule has 6 nitrogen and oxygen atoms in total. The number of hydrogen-bond acceptors (Lipinski definition) is 4. The number of nitro benzene ring substituents is 1. The van der Waals surface area contributed by atoms with Crippen LogP contribution in [0.3, 0.4) is 0 Å². The second-order valence-electron chi connectivity index (χ2n) is 3.52. The van der Waals surface area contributed by atoms with E-state index in [-0.39, 0.29) is 41.1 Å². The van der Waals surface area contributed by atoms with Gasteiger partial charge in [-0.15, -0.1) is 0 Å². The van der Waals surface area contributed by atoms with Gasteiger partial charge in [-0.25, -0.2) is 0 Å². The summed E-state index contributed by atoms with van der Waals surface area (Å²) < 4.78 is 0. The van der Waals surface area contributed by atoms with Gasteiger partial charge >= 0.3 is 0 Å². The number of carbonyl (C=O) groups is 2. The van der Waals surface area contributed by atoms with Crippen LogP contribution in [0.1, 0.15) is 12.8 Å². The quantitative estimate of drug-likeness (QED) is 0.459. The number of imide groups is 1. The molecule has 1 saturated heterocycles. The van der Waals surface area contributed by atoms with E-state index in [0.29, 0.717) is 0 Å². The molecule has 1 aliphatic heterocycles. The Balaban J connectivity index is 2.46. The second-order valence-corrected chi connectivity index (χ2v) is 3.92. The van der Waals surface area contributed by atoms with Crippen LogP contribution in [-0.2, 0) is 9.59 Å². The smallest absolute Gasteiger partial charge is 0.274 e. The van der Waals surface area contributed by atoms with Crippen molar-refractivity contribution >= 4 is 34.8 Å². The van der Waals surface area contributed by atoms with Crippen molar-refractivity contribution in [3.63, 3.8) is 0 Å². The van der Waals surface area contributed by atoms with Gasteiger partial charge in [-0.3, -0.25) is 24.6 Å². The minimum atomic E-state index is -0.656. The van der Waals surface area contributed by atoms with Crippen LogP contribution < -0.4 is 4.90 Å². The number of hydrogen-bond donors (Lipinski definition) is 0. The van der Waals surface area contributed by atoms with Gasteiger partial charge in [-0.05, 0) is 12.1 Å². The molecule has 1 aromatic carbocycles. The molecule has 0 unspecified atom stereocenters. The van der Waals surface area contributed by atoms with Crippen molar-refractivity contribution in [1.29, 1.82) is 0 Å². The van der Waals surface area contributed by atoms with Gasteiger partial charge in [0, 0.05) is 18.9 Å². The van der Waals surface area contributed by atoms with Gasteiger partial charge < -0.3 is 0 Å². The highest BCUT2D eigenvalue weighted by Gasteiger charge is 2.31. The molecule has 88 valence electrons. The molecule has 2 rings (SSSR count). The molecular formula is C10H7ClN2O4. The summed E-state index contributed by atoms with van der Waals surface area (Å²) in [6.07, 6.45) is 0.268. The number of nitrogens with zero attached hydrogens (tertiary/aromatic N) is 2. The zero-order valence-electron chi connectivity index (χ0n) is 8.55. The van der Waals surface area contributed by atoms with E-state index in [0.717, 1.165) is 11.0 Å². The number of anilines is 1. The molecular weight excluding hydrogens is 248 g/mol. The van der Waals surface area contributed by atoms with Gasteiger partial charge in [-0.2, -0.15) is 0 Å². The highest BCUT2D eigenvalue weighted by atomic mass is 35.5. The van der Waals surface area contributed by atoms with Crippen LogP contribution in [0.4, 0.5) is 11.4 Å². The molecule has 2 amide bonds. The van der Waals surface area contributed by atoms with Crippen LogP contribution in [0, 0.1) is 10.1 Å². The van der Waals surface area contributed by atoms with Crippen molar-refractivity contribution in [1.82, 2.24) is 0 Å². The topological polar surface area (TPSA) is 80.5 Å². The Hall–Kier alpha value is -1.95. The standard InChI is InChI=1S/C10H7ClN2O4/c11-7-2-1-6(5-8(7)13(16)17)12-9(14)3-4-10(12)15/h1-2,5H,3-4H2. The Morgan fingerprint density at radius 2 is 1.82 bits per heavy atom. The summed E-state index contributed by atoms with van der Waals surface area (Å²) in [5, 5.41) is 10.7. The average molecular weight is 255 g/mol. The van der Waals surface area contributed by atoms with Crippen LogP contribution in [0.15, 0.2) is 18.2 Å². The molecule has 0 bridgehead atoms. The highest BCUT2D eigenvalue weighted by molar-refractivity contribution is 6.33. The molecule has 0 atom stereocenters. The lowest BCUT2D eigenvalue weighted by Gasteiger charge is -2.13. The summed E-state index contributed by atoms with van der Waals surface area (Å²) in [5.74, 6) is -0.710. The molecule has 0 saturated carbocycles. The predicted molar refractivity (Wildman–Crippen MR) is 59.8 cm³/mol. The van der Waals surface area contributed by atoms with Crippen LogP contribution in [0.25, 0.3) is 0 Å². The largest absolute Gasteiger partial charge is 0.289 e. The van der Waals surface area contributed by atoms with Crippen LogP contribution in [0.5, 0.6) is 0 Å². The van der Waals surface area contributed by atoms with Gasteiger partial charge in [0.15, 0.2) is 0 Å². The second kappa shape index (κ2) is 4.14. The summed E-state index contributed by atoms with van der Waals surface area (Å²) in [6.45, 7) is 0. The van der Waals surface area contributed by atoms with Crippen LogP contribution >= 0.6 is 11.6 Å². The van der Waals surface area contributed by atoms with Gasteiger partial charge in [-0.1, -0.05) is 11.6 Å². The number of carbonyl (C=O) groups excluding carboxylic acids is 2. The van der Waals surface area contributed by atoms with Crippen molar-refractivity contribution in [3.05, 3.63) is 33.3 Å². The fourth-order valence-corrected chi connectivity index (χ4v) is 1.83. The minimum Gasteiger partial charge on any atom is -0.274 e. The summed E-state index contributed by atoms with van der Waals surface area (Å²) in [6, 6.07) is 3.84. The predicted octanol–water partition coefficient (Wildman–Crippen LogP) is 1.90. The minimum absolute atomic E-state index is 0.0298. The van der Waals surface area contributed by atoms with Crippen molar-refractivity contribution in [2.45, 2.75) is 12.8 Å². The molecule has 7 heteroatoms. The number of halogens is 1. The number of rotatable bonds is 2. The first kappa shape index (κ1) is 11.5. The summed E-state index contributed by atoms with van der Waals surface area (Å²) in [4.78, 5) is 33.9. The van der Waals surface area contributed by atoms with Gasteiger partial charge in [0.25, 0.3) is 5.69 Å². The fraction of sp³-hybridized carbons (Fsp3) is 0.200. The van der Waals surface area contributed by atoms with Crippen LogP contribution in [-0.4, -0.2) is 16.7 Å². The third-order valence-corrected chi connectivity index (χ3v) is 2.76. The molecule has 1 aliphatic rings. The van der Waals surface area contributed by atoms with E-state index in [9.17, 15) is 19.7 Å². The Labute approximate surface area is 101 Å². The van der Waals surface area contributed by atoms with Gasteiger partial charge in [0.1, 0.15) is 5.02 Å². The van der Waals surface area contributed by atoms with Crippen molar-refractivity contribution in [2.75, 3.05) is 4.90 Å². The average Bonchev–Trinajstić information content (AvgIpc) is 2.59. The van der Waals surface area contributed by atoms with E-state index < -0.39 is 4.92 Å². The van der Waals surface area contributed by atoms with E-state index >= 15 is 0 Å². The molecule has 0 radical (unpaired) electrons. The summed E-state index contributed by atoms with van der Waals surface area (Å²) in [7, 11) is 0. The molecule has 1 aromatic rings. The number of nitro groups is 1. The third-order valence-electron chi connectivity index (χ3n) is 2.44. The lowest BCUT2D eigenvalue weighted by atomic mass is 10.2. The Bertz CT molecular complexity index is 513. The van der Waals surface area contributed by atoms with E-state index in [1.807, 2.05) is 0 Å². The molecule has 0 aromatic heterocycles. The molecule has 17 heavy (non-hydrogen) atoms. The monoisotopic (exact) mass is 254 g/mol. The first-order valence-corrected chi connectivity index (χ1v) is 5.18. The van der Waals surface area contributed by atoms with Crippen LogP contribution in [0.2, 0.25) is 5.02 Å². The molecule has 1 heterocycles. The Kier molecular flexibility index (Phi) is 2.81. The van der Waals surface area contributed by atoms with Gasteiger partial charge in [0.05, 0.1) is 10.6 Å². The van der Waals surface area contributed by atoms with E-state index in [1.54, 1.807) is 0 Å². The lowest BCUT2D eigenvalue weighted by Crippen LogP contribution is -2.28. The molecule has 1 fully saturated rings. The highest BCUT2D eigenvalue weighted by Crippen LogP contribution is 2.31. The van der Waals surface area contributed by atoms with Crippen molar-refractivity contribution in [3.8, 4) is 0 Å². The normalized spacial score (nSPS) is 15.5. The van der Waals surface area contributed by atoms with E-state index in [4.69, 9.17) is 11.6 Å². The molecule has 0 aliphatic carbocycles. The summed E-state index contributed by atoms with van der Waals surface area (Å²) >= 11 is 5.64. The Morgan fingerprint density at radius 1 is 1.24 bits per heavy atom. The number of benzene rings is 1. The van der Waals surface area contributed by atoms with Crippen molar-refractivity contribution in [2.24, 2.45) is 0 Å². The molecule has 0 N–H and O–H groups in total. The fourth-order valence-electron chi connectivity index (χ4n) is 1.64.